The van der Waals surface area contributed by atoms with Crippen molar-refractivity contribution < 1.29 is 32.7 Å². The molecule has 0 aliphatic rings. The van der Waals surface area contributed by atoms with Gasteiger partial charge in [-0.1, -0.05) is 0 Å². The Hall–Kier alpha value is -2.36. The minimum absolute atomic E-state index is 0.0356. The molecule has 0 aliphatic heterocycles. The Balaban J connectivity index is 3.16. The van der Waals surface area contributed by atoms with Crippen molar-refractivity contribution in [2.24, 2.45) is 0 Å². The second-order valence-electron chi connectivity index (χ2n) is 4.06. The molecule has 1 rings (SSSR count). The van der Waals surface area contributed by atoms with Gasteiger partial charge in [0.1, 0.15) is 12.2 Å². The molecule has 0 spiro atoms. The van der Waals surface area contributed by atoms with Gasteiger partial charge in [-0.25, -0.2) is 13.2 Å². The number of ether oxygens (including phenoxy) is 2. The third-order valence-corrected chi connectivity index (χ3v) is 3.33. The molecule has 9 nitrogen and oxygen atoms in total. The minimum Gasteiger partial charge on any atom is -0.493 e. The van der Waals surface area contributed by atoms with Crippen molar-refractivity contribution in [1.29, 1.82) is 0 Å². The number of carboxylic acid groups (broad SMARTS) is 1. The Kier molecular flexibility index (Phi) is 5.08. The van der Waals surface area contributed by atoms with E-state index in [0.29, 0.717) is 0 Å². The third-order valence-electron chi connectivity index (χ3n) is 2.42. The first-order valence-corrected chi connectivity index (χ1v) is 7.62. The maximum Gasteiger partial charge on any atom is 0.342 e. The van der Waals surface area contributed by atoms with Crippen LogP contribution in [0.15, 0.2) is 12.1 Å². The van der Waals surface area contributed by atoms with Gasteiger partial charge < -0.3 is 14.6 Å². The zero-order chi connectivity index (χ0) is 16.2. The highest BCUT2D eigenvalue weighted by molar-refractivity contribution is 7.90. The molecule has 0 fully saturated rings. The summed E-state index contributed by atoms with van der Waals surface area (Å²) in [5, 5.41) is 19.8. The van der Waals surface area contributed by atoms with Gasteiger partial charge in [-0.2, -0.15) is 0 Å². The Morgan fingerprint density at radius 3 is 2.43 bits per heavy atom. The zero-order valence-electron chi connectivity index (χ0n) is 11.2. The van der Waals surface area contributed by atoms with Gasteiger partial charge >= 0.3 is 5.97 Å². The van der Waals surface area contributed by atoms with Crippen molar-refractivity contribution >= 4 is 21.5 Å². The molecule has 0 aliphatic carbocycles. The minimum atomic E-state index is -3.26. The molecule has 0 unspecified atom stereocenters. The second kappa shape index (κ2) is 6.39. The van der Waals surface area contributed by atoms with Crippen LogP contribution in [0.3, 0.4) is 0 Å². The summed E-state index contributed by atoms with van der Waals surface area (Å²) in [7, 11) is -2.02. The van der Waals surface area contributed by atoms with E-state index in [1.807, 2.05) is 0 Å². The molecule has 0 bridgehead atoms. The highest BCUT2D eigenvalue weighted by Crippen LogP contribution is 2.34. The summed E-state index contributed by atoms with van der Waals surface area (Å²) in [6.07, 6.45) is 1.02. The number of hydrogen-bond donors (Lipinski definition) is 1. The van der Waals surface area contributed by atoms with E-state index in [-0.39, 0.29) is 23.9 Å². The molecule has 0 radical (unpaired) electrons. The molecule has 1 aromatic carbocycles. The molecule has 1 aromatic rings. The van der Waals surface area contributed by atoms with Gasteiger partial charge in [0.2, 0.25) is 0 Å². The van der Waals surface area contributed by atoms with Crippen LogP contribution in [0.1, 0.15) is 10.4 Å². The fourth-order valence-electron chi connectivity index (χ4n) is 1.45. The summed E-state index contributed by atoms with van der Waals surface area (Å²) in [5.74, 6) is -1.91. The first-order chi connectivity index (χ1) is 9.65. The van der Waals surface area contributed by atoms with Crippen LogP contribution >= 0.6 is 0 Å². The summed E-state index contributed by atoms with van der Waals surface area (Å²) in [5.41, 5.74) is -1.22. The maximum absolute atomic E-state index is 11.0. The number of carbonyl (C=O) groups is 1. The number of rotatable bonds is 7. The molecule has 1 N–H and O–H groups in total. The summed E-state index contributed by atoms with van der Waals surface area (Å²) in [4.78, 5) is 21.0. The Morgan fingerprint density at radius 2 is 2.00 bits per heavy atom. The summed E-state index contributed by atoms with van der Waals surface area (Å²) >= 11 is 0. The fraction of sp³-hybridized carbons (Fsp3) is 0.364. The molecular formula is C11H13NO8S. The number of methoxy groups -OCH3 is 1. The quantitative estimate of drug-likeness (QED) is 0.574. The first-order valence-electron chi connectivity index (χ1n) is 5.56. The van der Waals surface area contributed by atoms with Gasteiger partial charge in [-0.05, 0) is 0 Å². The van der Waals surface area contributed by atoms with E-state index >= 15 is 0 Å². The fourth-order valence-corrected chi connectivity index (χ4v) is 1.83. The summed E-state index contributed by atoms with van der Waals surface area (Å²) in [6, 6.07) is 1.85. The lowest BCUT2D eigenvalue weighted by Gasteiger charge is -2.11. The summed E-state index contributed by atoms with van der Waals surface area (Å²) < 4.78 is 32.0. The van der Waals surface area contributed by atoms with Crippen molar-refractivity contribution in [3.8, 4) is 11.5 Å². The Bertz CT molecular complexity index is 667. The monoisotopic (exact) mass is 319 g/mol. The van der Waals surface area contributed by atoms with Crippen LogP contribution in [0.4, 0.5) is 5.69 Å². The topological polar surface area (TPSA) is 133 Å². The SMILES string of the molecule is COc1cc(C(=O)O)c([N+](=O)[O-])cc1OCCS(C)(=O)=O. The van der Waals surface area contributed by atoms with E-state index in [1.165, 1.54) is 7.11 Å². The van der Waals surface area contributed by atoms with Crippen molar-refractivity contribution in [2.75, 3.05) is 25.7 Å². The standard InChI is InChI=1S/C11H13NO8S/c1-19-9-5-7(11(13)14)8(12(15)16)6-10(9)20-3-4-21(2,17)18/h5-6H,3-4H2,1-2H3,(H,13,14). The van der Waals surface area contributed by atoms with Crippen LogP contribution in [0, 0.1) is 10.1 Å². The van der Waals surface area contributed by atoms with Crippen molar-refractivity contribution in [3.05, 3.63) is 27.8 Å². The van der Waals surface area contributed by atoms with Gasteiger partial charge in [0.05, 0.1) is 23.9 Å². The number of nitro groups is 1. The maximum atomic E-state index is 11.0. The zero-order valence-corrected chi connectivity index (χ0v) is 12.0. The normalized spacial score (nSPS) is 11.0. The Labute approximate surface area is 120 Å². The highest BCUT2D eigenvalue weighted by Gasteiger charge is 2.24. The molecule has 0 amide bonds. The molecule has 0 aromatic heterocycles. The van der Waals surface area contributed by atoms with E-state index in [1.54, 1.807) is 0 Å². The lowest BCUT2D eigenvalue weighted by Crippen LogP contribution is -2.13. The van der Waals surface area contributed by atoms with Crippen LogP contribution in [-0.4, -0.2) is 50.1 Å². The number of nitrogens with zero attached hydrogens (tertiary/aromatic N) is 1. The van der Waals surface area contributed by atoms with Crippen LogP contribution in [0.2, 0.25) is 0 Å². The van der Waals surface area contributed by atoms with E-state index in [2.05, 4.69) is 0 Å². The van der Waals surface area contributed by atoms with Gasteiger partial charge in [0.15, 0.2) is 21.3 Å². The second-order valence-corrected chi connectivity index (χ2v) is 6.32. The van der Waals surface area contributed by atoms with Crippen molar-refractivity contribution in [1.82, 2.24) is 0 Å². The largest absolute Gasteiger partial charge is 0.493 e. The molecule has 116 valence electrons. The number of carboxylic acids is 1. The van der Waals surface area contributed by atoms with Crippen LogP contribution in [0.25, 0.3) is 0 Å². The van der Waals surface area contributed by atoms with E-state index in [9.17, 15) is 23.3 Å². The molecule has 10 heteroatoms. The molecule has 0 saturated heterocycles. The Morgan fingerprint density at radius 1 is 1.38 bits per heavy atom. The number of sulfone groups is 1. The van der Waals surface area contributed by atoms with E-state index in [4.69, 9.17) is 14.6 Å². The first kappa shape index (κ1) is 16.7. The van der Waals surface area contributed by atoms with Crippen molar-refractivity contribution in [2.45, 2.75) is 0 Å². The van der Waals surface area contributed by atoms with Crippen LogP contribution in [-0.2, 0) is 9.84 Å². The summed E-state index contributed by atoms with van der Waals surface area (Å²) in [6.45, 7) is -0.237. The lowest BCUT2D eigenvalue weighted by molar-refractivity contribution is -0.385. The lowest BCUT2D eigenvalue weighted by atomic mass is 10.1. The molecular weight excluding hydrogens is 306 g/mol. The molecule has 0 heterocycles. The predicted molar refractivity (Wildman–Crippen MR) is 71.8 cm³/mol. The number of nitro benzene ring substituents is 1. The molecule has 0 saturated carbocycles. The molecule has 21 heavy (non-hydrogen) atoms. The smallest absolute Gasteiger partial charge is 0.342 e. The number of aromatic carboxylic acids is 1. The van der Waals surface area contributed by atoms with E-state index in [0.717, 1.165) is 18.4 Å². The van der Waals surface area contributed by atoms with Crippen LogP contribution < -0.4 is 9.47 Å². The third kappa shape index (κ3) is 4.60. The predicted octanol–water partition coefficient (Wildman–Crippen LogP) is 0.725. The van der Waals surface area contributed by atoms with Gasteiger partial charge in [0.25, 0.3) is 5.69 Å². The average Bonchev–Trinajstić information content (AvgIpc) is 2.36. The highest BCUT2D eigenvalue weighted by atomic mass is 32.2. The molecule has 0 atom stereocenters. The van der Waals surface area contributed by atoms with Gasteiger partial charge in [-0.15, -0.1) is 0 Å². The van der Waals surface area contributed by atoms with Crippen LogP contribution in [0.5, 0.6) is 11.5 Å². The van der Waals surface area contributed by atoms with E-state index < -0.39 is 32.0 Å². The van der Waals surface area contributed by atoms with Crippen molar-refractivity contribution in [3.63, 3.8) is 0 Å². The number of hydrogen-bond acceptors (Lipinski definition) is 7. The van der Waals surface area contributed by atoms with Gasteiger partial charge in [0, 0.05) is 12.3 Å². The van der Waals surface area contributed by atoms with Gasteiger partial charge in [-0.3, -0.25) is 10.1 Å². The average molecular weight is 319 g/mol. The number of benzene rings is 1.